The van der Waals surface area contributed by atoms with Crippen LogP contribution in [0.25, 0.3) is 28.3 Å². The molecule has 2 aromatic carbocycles. The molecule has 3 N–H and O–H groups in total. The van der Waals surface area contributed by atoms with Gasteiger partial charge in [-0.3, -0.25) is 4.90 Å². The summed E-state index contributed by atoms with van der Waals surface area (Å²) < 4.78 is 1.69. The zero-order valence-electron chi connectivity index (χ0n) is 20.6. The molecule has 1 fully saturated rings. The predicted octanol–water partition coefficient (Wildman–Crippen LogP) is 2.86. The summed E-state index contributed by atoms with van der Waals surface area (Å²) in [5.74, 6) is 0.837. The first kappa shape index (κ1) is 23.7. The topological polar surface area (TPSA) is 142 Å². The third-order valence-corrected chi connectivity index (χ3v) is 6.75. The van der Waals surface area contributed by atoms with Crippen molar-refractivity contribution in [1.29, 1.82) is 5.26 Å². The van der Waals surface area contributed by atoms with Crippen molar-refractivity contribution in [3.05, 3.63) is 89.6 Å². The molecule has 3 aromatic heterocycles. The maximum Gasteiger partial charge on any atom is 0.198 e. The van der Waals surface area contributed by atoms with E-state index in [0.29, 0.717) is 47.1 Å². The van der Waals surface area contributed by atoms with E-state index in [1.54, 1.807) is 28.9 Å². The number of nitrogens with zero attached hydrogens (tertiary/aromatic N) is 8. The molecule has 1 saturated heterocycles. The fourth-order valence-corrected chi connectivity index (χ4v) is 4.92. The van der Waals surface area contributed by atoms with Gasteiger partial charge in [-0.05, 0) is 35.7 Å². The lowest BCUT2D eigenvalue weighted by Gasteiger charge is -2.17. The lowest BCUT2D eigenvalue weighted by Crippen LogP contribution is -2.22. The largest absolute Gasteiger partial charge is 0.392 e. The minimum atomic E-state index is -0.263. The van der Waals surface area contributed by atoms with Crippen molar-refractivity contribution < 1.29 is 5.11 Å². The molecule has 1 aliphatic rings. The summed E-state index contributed by atoms with van der Waals surface area (Å²) in [6.45, 7) is 2.32. The number of nitriles is 1. The number of fused-ring (bicyclic) bond motifs is 1. The first-order valence-electron chi connectivity index (χ1n) is 12.4. The number of β-amino-alcohol motifs (C(OH)–C–C–N with tert-alkyl or cyclic N) is 1. The third kappa shape index (κ3) is 4.56. The Morgan fingerprint density at radius 1 is 1.08 bits per heavy atom. The Hall–Kier alpha value is -4.72. The lowest BCUT2D eigenvalue weighted by atomic mass is 10.0. The van der Waals surface area contributed by atoms with Gasteiger partial charge in [0.05, 0.1) is 23.4 Å². The number of hydrogen-bond donors (Lipinski definition) is 2. The normalized spacial score (nSPS) is 15.6. The number of aliphatic hydroxyl groups excluding tert-OH is 1. The first-order valence-corrected chi connectivity index (χ1v) is 12.4. The average Bonchev–Trinajstić information content (AvgIpc) is 3.56. The molecule has 6 rings (SSSR count). The molecule has 188 valence electrons. The van der Waals surface area contributed by atoms with Crippen LogP contribution in [0.2, 0.25) is 0 Å². The monoisotopic (exact) mass is 503 g/mol. The van der Waals surface area contributed by atoms with Gasteiger partial charge >= 0.3 is 0 Å². The molecule has 0 bridgehead atoms. The minimum Gasteiger partial charge on any atom is -0.392 e. The summed E-state index contributed by atoms with van der Waals surface area (Å²) >= 11 is 0. The second-order valence-electron chi connectivity index (χ2n) is 9.37. The molecule has 0 amide bonds. The van der Waals surface area contributed by atoms with Gasteiger partial charge in [-0.25, -0.2) is 24.5 Å². The lowest BCUT2D eigenvalue weighted by molar-refractivity contribution is 0.174. The summed E-state index contributed by atoms with van der Waals surface area (Å²) in [6, 6.07) is 19.4. The molecule has 4 heterocycles. The van der Waals surface area contributed by atoms with Crippen molar-refractivity contribution in [3.8, 4) is 28.7 Å². The van der Waals surface area contributed by atoms with Crippen LogP contribution in [-0.4, -0.2) is 58.7 Å². The summed E-state index contributed by atoms with van der Waals surface area (Å²) in [7, 11) is 0. The highest BCUT2D eigenvalue weighted by molar-refractivity contribution is 5.81. The smallest absolute Gasteiger partial charge is 0.198 e. The fourth-order valence-electron chi connectivity index (χ4n) is 4.92. The number of likely N-dealkylation sites (tertiary alicyclic amines) is 1. The van der Waals surface area contributed by atoms with Gasteiger partial charge in [0.25, 0.3) is 0 Å². The zero-order chi connectivity index (χ0) is 26.1. The molecular weight excluding hydrogens is 478 g/mol. The number of rotatable bonds is 6. The maximum absolute atomic E-state index is 9.94. The van der Waals surface area contributed by atoms with Crippen LogP contribution in [0.15, 0.2) is 67.1 Å². The number of benzene rings is 2. The second-order valence-corrected chi connectivity index (χ2v) is 9.37. The van der Waals surface area contributed by atoms with E-state index in [1.165, 1.54) is 11.9 Å². The van der Waals surface area contributed by atoms with Crippen molar-refractivity contribution in [2.45, 2.75) is 25.5 Å². The quantitative estimate of drug-likeness (QED) is 0.358. The molecular formula is C28H25N9O. The Bertz CT molecular complexity index is 1660. The Morgan fingerprint density at radius 2 is 1.95 bits per heavy atom. The van der Waals surface area contributed by atoms with Gasteiger partial charge < -0.3 is 10.8 Å². The van der Waals surface area contributed by atoms with E-state index in [0.717, 1.165) is 30.6 Å². The molecule has 0 saturated carbocycles. The van der Waals surface area contributed by atoms with Crippen molar-refractivity contribution in [1.82, 2.24) is 34.4 Å². The molecule has 0 aliphatic carbocycles. The molecule has 1 atom stereocenters. The number of anilines is 1. The summed E-state index contributed by atoms with van der Waals surface area (Å²) in [5, 5.41) is 24.2. The highest BCUT2D eigenvalue weighted by Gasteiger charge is 2.23. The van der Waals surface area contributed by atoms with Gasteiger partial charge in [-0.1, -0.05) is 36.4 Å². The van der Waals surface area contributed by atoms with Crippen LogP contribution < -0.4 is 5.73 Å². The zero-order valence-corrected chi connectivity index (χ0v) is 20.6. The number of hydrogen-bond acceptors (Lipinski definition) is 9. The SMILES string of the molecule is N#Cc1cccc(-c2nc(N)c3nc(Cc4ccccc4CN4CCC(O)C4)nn3c2-c2ccncn2)c1. The average molecular weight is 504 g/mol. The highest BCUT2D eigenvalue weighted by Crippen LogP contribution is 2.32. The van der Waals surface area contributed by atoms with E-state index >= 15 is 0 Å². The van der Waals surface area contributed by atoms with Crippen LogP contribution >= 0.6 is 0 Å². The molecule has 1 aliphatic heterocycles. The van der Waals surface area contributed by atoms with Gasteiger partial charge in [0.1, 0.15) is 17.7 Å². The summed E-state index contributed by atoms with van der Waals surface area (Å²) in [4.78, 5) is 20.2. The number of nitrogens with two attached hydrogens (primary N) is 1. The first-order chi connectivity index (χ1) is 18.6. The number of nitrogen functional groups attached to an aromatic ring is 1. The van der Waals surface area contributed by atoms with Crippen molar-refractivity contribution in [3.63, 3.8) is 0 Å². The van der Waals surface area contributed by atoms with Crippen LogP contribution in [0, 0.1) is 11.3 Å². The highest BCUT2D eigenvalue weighted by atomic mass is 16.3. The molecule has 10 nitrogen and oxygen atoms in total. The standard InChI is InChI=1S/C28H25N9O/c29-14-18-4-3-7-20(12-18)25-26(23-8-10-31-17-32-23)37-28(27(30)34-25)33-24(35-37)13-19-5-1-2-6-21(19)15-36-11-9-22(38)16-36/h1-8,10,12,17,22,38H,9,11,13,15-16H2,(H2,30,34). The van der Waals surface area contributed by atoms with Crippen molar-refractivity contribution in [2.75, 3.05) is 18.8 Å². The van der Waals surface area contributed by atoms with Crippen LogP contribution in [0.5, 0.6) is 0 Å². The second kappa shape index (κ2) is 9.97. The van der Waals surface area contributed by atoms with Gasteiger partial charge in [0.2, 0.25) is 0 Å². The van der Waals surface area contributed by atoms with E-state index in [4.69, 9.17) is 20.8 Å². The molecule has 10 heteroatoms. The van der Waals surface area contributed by atoms with E-state index in [1.807, 2.05) is 24.3 Å². The van der Waals surface area contributed by atoms with Gasteiger partial charge in [-0.15, -0.1) is 0 Å². The Balaban J connectivity index is 1.45. The van der Waals surface area contributed by atoms with Gasteiger partial charge in [0.15, 0.2) is 17.3 Å². The van der Waals surface area contributed by atoms with Crippen molar-refractivity contribution >= 4 is 11.5 Å². The Kier molecular flexibility index (Phi) is 6.21. The van der Waals surface area contributed by atoms with Crippen LogP contribution in [0.4, 0.5) is 5.82 Å². The van der Waals surface area contributed by atoms with Crippen LogP contribution in [0.1, 0.15) is 28.9 Å². The van der Waals surface area contributed by atoms with E-state index in [-0.39, 0.29) is 11.9 Å². The fraction of sp³-hybridized carbons (Fsp3) is 0.214. The predicted molar refractivity (Wildman–Crippen MR) is 142 cm³/mol. The minimum absolute atomic E-state index is 0.234. The molecule has 1 unspecified atom stereocenters. The van der Waals surface area contributed by atoms with Gasteiger partial charge in [0, 0.05) is 37.8 Å². The number of aliphatic hydroxyl groups is 1. The number of aromatic nitrogens is 6. The maximum atomic E-state index is 9.94. The molecule has 5 aromatic rings. The summed E-state index contributed by atoms with van der Waals surface area (Å²) in [5.41, 5.74) is 12.1. The third-order valence-electron chi connectivity index (χ3n) is 6.75. The Morgan fingerprint density at radius 3 is 2.71 bits per heavy atom. The van der Waals surface area contributed by atoms with Crippen molar-refractivity contribution in [2.24, 2.45) is 0 Å². The van der Waals surface area contributed by atoms with E-state index in [9.17, 15) is 10.4 Å². The molecule has 0 spiro atoms. The molecule has 0 radical (unpaired) electrons. The van der Waals surface area contributed by atoms with Gasteiger partial charge in [-0.2, -0.15) is 10.4 Å². The molecule has 38 heavy (non-hydrogen) atoms. The van der Waals surface area contributed by atoms with E-state index < -0.39 is 0 Å². The van der Waals surface area contributed by atoms with Crippen LogP contribution in [-0.2, 0) is 13.0 Å². The van der Waals surface area contributed by atoms with Crippen LogP contribution in [0.3, 0.4) is 0 Å². The summed E-state index contributed by atoms with van der Waals surface area (Å²) in [6.07, 6.45) is 4.17. The Labute approximate surface area is 219 Å². The van der Waals surface area contributed by atoms with E-state index in [2.05, 4.69) is 33.1 Å².